The van der Waals surface area contributed by atoms with E-state index in [4.69, 9.17) is 0 Å². The number of rotatable bonds is 5. The smallest absolute Gasteiger partial charge is 0.230 e. The molecule has 0 fully saturated rings. The molecule has 0 saturated heterocycles. The summed E-state index contributed by atoms with van der Waals surface area (Å²) in [5, 5.41) is 3.38. The zero-order chi connectivity index (χ0) is 13.7. The van der Waals surface area contributed by atoms with Crippen LogP contribution in [0.1, 0.15) is 44.6 Å². The van der Waals surface area contributed by atoms with Gasteiger partial charge in [0.05, 0.1) is 5.92 Å². The van der Waals surface area contributed by atoms with Gasteiger partial charge in [0.2, 0.25) is 5.91 Å². The number of para-hydroxylation sites is 1. The minimum absolute atomic E-state index is 0.0363. The average molecular weight is 260 g/mol. The maximum atomic E-state index is 12.7. The first-order chi connectivity index (χ1) is 9.27. The molecular formula is C16H24N2O. The van der Waals surface area contributed by atoms with Crippen molar-refractivity contribution in [3.05, 3.63) is 29.8 Å². The number of carbonyl (C=O) groups is 1. The van der Waals surface area contributed by atoms with Crippen molar-refractivity contribution in [2.75, 3.05) is 25.0 Å². The van der Waals surface area contributed by atoms with E-state index in [1.165, 1.54) is 0 Å². The second kappa shape index (κ2) is 6.60. The SMILES string of the molecule is CCCCN(CC)C(=O)C1CCNc2ccccc21. The van der Waals surface area contributed by atoms with E-state index in [2.05, 4.69) is 31.3 Å². The Morgan fingerprint density at radius 2 is 2.16 bits per heavy atom. The summed E-state index contributed by atoms with van der Waals surface area (Å²) in [4.78, 5) is 14.7. The summed E-state index contributed by atoms with van der Waals surface area (Å²) >= 11 is 0. The summed E-state index contributed by atoms with van der Waals surface area (Å²) in [5.41, 5.74) is 2.28. The largest absolute Gasteiger partial charge is 0.385 e. The first-order valence-electron chi connectivity index (χ1n) is 7.39. The van der Waals surface area contributed by atoms with Gasteiger partial charge in [0.15, 0.2) is 0 Å². The van der Waals surface area contributed by atoms with Crippen LogP contribution in [0.2, 0.25) is 0 Å². The van der Waals surface area contributed by atoms with Gasteiger partial charge >= 0.3 is 0 Å². The molecule has 1 unspecified atom stereocenters. The zero-order valence-corrected chi connectivity index (χ0v) is 12.0. The van der Waals surface area contributed by atoms with Crippen molar-refractivity contribution in [1.29, 1.82) is 0 Å². The predicted octanol–water partition coefficient (Wildman–Crippen LogP) is 3.23. The van der Waals surface area contributed by atoms with Crippen molar-refractivity contribution >= 4 is 11.6 Å². The molecule has 104 valence electrons. The van der Waals surface area contributed by atoms with E-state index in [-0.39, 0.29) is 5.92 Å². The first-order valence-corrected chi connectivity index (χ1v) is 7.39. The molecule has 0 bridgehead atoms. The fourth-order valence-corrected chi connectivity index (χ4v) is 2.72. The number of nitrogens with one attached hydrogen (secondary N) is 1. The molecule has 1 aromatic rings. The monoisotopic (exact) mass is 260 g/mol. The Morgan fingerprint density at radius 3 is 2.89 bits per heavy atom. The molecule has 0 radical (unpaired) electrons. The summed E-state index contributed by atoms with van der Waals surface area (Å²) in [5.74, 6) is 0.333. The molecule has 2 rings (SSSR count). The normalized spacial score (nSPS) is 17.5. The van der Waals surface area contributed by atoms with Gasteiger partial charge in [-0.3, -0.25) is 4.79 Å². The Bertz CT molecular complexity index is 431. The molecule has 0 aliphatic carbocycles. The summed E-state index contributed by atoms with van der Waals surface area (Å²) < 4.78 is 0. The molecular weight excluding hydrogens is 236 g/mol. The summed E-state index contributed by atoms with van der Waals surface area (Å²) in [6.07, 6.45) is 3.12. The number of nitrogens with zero attached hydrogens (tertiary/aromatic N) is 1. The molecule has 1 N–H and O–H groups in total. The quantitative estimate of drug-likeness (QED) is 0.881. The molecule has 1 heterocycles. The number of likely N-dealkylation sites (N-methyl/N-ethyl adjacent to an activating group) is 1. The number of hydrogen-bond acceptors (Lipinski definition) is 2. The van der Waals surface area contributed by atoms with Gasteiger partial charge in [-0.2, -0.15) is 0 Å². The van der Waals surface area contributed by atoms with Gasteiger partial charge in [-0.1, -0.05) is 31.5 Å². The lowest BCUT2D eigenvalue weighted by atomic mass is 9.89. The highest BCUT2D eigenvalue weighted by Crippen LogP contribution is 2.32. The van der Waals surface area contributed by atoms with Crippen molar-refractivity contribution in [2.45, 2.75) is 39.0 Å². The Kier molecular flexibility index (Phi) is 4.83. The lowest BCUT2D eigenvalue weighted by molar-refractivity contribution is -0.132. The summed E-state index contributed by atoms with van der Waals surface area (Å²) in [7, 11) is 0. The number of unbranched alkanes of at least 4 members (excludes halogenated alkanes) is 1. The Hall–Kier alpha value is -1.51. The van der Waals surface area contributed by atoms with Crippen LogP contribution in [-0.4, -0.2) is 30.4 Å². The minimum atomic E-state index is 0.0363. The number of fused-ring (bicyclic) bond motifs is 1. The molecule has 0 aromatic heterocycles. The van der Waals surface area contributed by atoms with Crippen LogP contribution in [0.4, 0.5) is 5.69 Å². The highest BCUT2D eigenvalue weighted by molar-refractivity contribution is 5.86. The third-order valence-corrected chi connectivity index (χ3v) is 3.86. The third kappa shape index (κ3) is 3.09. The van der Waals surface area contributed by atoms with Gasteiger partial charge in [0, 0.05) is 25.3 Å². The van der Waals surface area contributed by atoms with E-state index in [1.807, 2.05) is 17.0 Å². The molecule has 1 aliphatic heterocycles. The van der Waals surface area contributed by atoms with Gasteiger partial charge in [-0.15, -0.1) is 0 Å². The first kappa shape index (κ1) is 13.9. The fourth-order valence-electron chi connectivity index (χ4n) is 2.72. The zero-order valence-electron chi connectivity index (χ0n) is 12.0. The van der Waals surface area contributed by atoms with Crippen LogP contribution in [0.3, 0.4) is 0 Å². The summed E-state index contributed by atoms with van der Waals surface area (Å²) in [6.45, 7) is 6.82. The fraction of sp³-hybridized carbons (Fsp3) is 0.562. The van der Waals surface area contributed by atoms with Crippen LogP contribution in [0.15, 0.2) is 24.3 Å². The van der Waals surface area contributed by atoms with Gasteiger partial charge in [0.1, 0.15) is 0 Å². The average Bonchev–Trinajstić information content (AvgIpc) is 2.47. The highest BCUT2D eigenvalue weighted by Gasteiger charge is 2.28. The molecule has 19 heavy (non-hydrogen) atoms. The van der Waals surface area contributed by atoms with Crippen LogP contribution in [0, 0.1) is 0 Å². The molecule has 0 saturated carbocycles. The molecule has 3 nitrogen and oxygen atoms in total. The van der Waals surface area contributed by atoms with Crippen molar-refractivity contribution in [1.82, 2.24) is 4.90 Å². The minimum Gasteiger partial charge on any atom is -0.385 e. The van der Waals surface area contributed by atoms with Gasteiger partial charge < -0.3 is 10.2 Å². The van der Waals surface area contributed by atoms with E-state index < -0.39 is 0 Å². The van der Waals surface area contributed by atoms with Crippen molar-refractivity contribution in [3.63, 3.8) is 0 Å². The van der Waals surface area contributed by atoms with Gasteiger partial charge in [-0.05, 0) is 31.4 Å². The number of carbonyl (C=O) groups excluding carboxylic acids is 1. The van der Waals surface area contributed by atoms with Crippen molar-refractivity contribution in [3.8, 4) is 0 Å². The third-order valence-electron chi connectivity index (χ3n) is 3.86. The number of amides is 1. The Morgan fingerprint density at radius 1 is 1.37 bits per heavy atom. The van der Waals surface area contributed by atoms with Crippen molar-refractivity contribution < 1.29 is 4.79 Å². The standard InChI is InChI=1S/C16H24N2O/c1-3-5-12-18(4-2)16(19)14-10-11-17-15-9-7-6-8-13(14)15/h6-9,14,17H,3-5,10-12H2,1-2H3. The van der Waals surface area contributed by atoms with Crippen LogP contribution in [-0.2, 0) is 4.79 Å². The van der Waals surface area contributed by atoms with E-state index in [0.717, 1.165) is 50.1 Å². The molecule has 0 spiro atoms. The Balaban J connectivity index is 2.15. The molecule has 1 amide bonds. The summed E-state index contributed by atoms with van der Waals surface area (Å²) in [6, 6.07) is 8.19. The van der Waals surface area contributed by atoms with Crippen LogP contribution < -0.4 is 5.32 Å². The molecule has 3 heteroatoms. The van der Waals surface area contributed by atoms with Crippen LogP contribution in [0.5, 0.6) is 0 Å². The lowest BCUT2D eigenvalue weighted by Crippen LogP contribution is -2.37. The van der Waals surface area contributed by atoms with Gasteiger partial charge in [-0.25, -0.2) is 0 Å². The maximum absolute atomic E-state index is 12.7. The van der Waals surface area contributed by atoms with Gasteiger partial charge in [0.25, 0.3) is 0 Å². The molecule has 1 atom stereocenters. The molecule has 1 aromatic carbocycles. The second-order valence-electron chi connectivity index (χ2n) is 5.13. The number of hydrogen-bond donors (Lipinski definition) is 1. The maximum Gasteiger partial charge on any atom is 0.230 e. The van der Waals surface area contributed by atoms with Crippen LogP contribution in [0.25, 0.3) is 0 Å². The van der Waals surface area contributed by atoms with E-state index in [0.29, 0.717) is 5.91 Å². The van der Waals surface area contributed by atoms with E-state index in [1.54, 1.807) is 0 Å². The van der Waals surface area contributed by atoms with Crippen molar-refractivity contribution in [2.24, 2.45) is 0 Å². The predicted molar refractivity (Wildman–Crippen MR) is 79.5 cm³/mol. The van der Waals surface area contributed by atoms with Crippen LogP contribution >= 0.6 is 0 Å². The second-order valence-corrected chi connectivity index (χ2v) is 5.13. The molecule has 1 aliphatic rings. The Labute approximate surface area is 116 Å². The number of benzene rings is 1. The van der Waals surface area contributed by atoms with E-state index in [9.17, 15) is 4.79 Å². The van der Waals surface area contributed by atoms with E-state index >= 15 is 0 Å². The topological polar surface area (TPSA) is 32.3 Å². The lowest BCUT2D eigenvalue weighted by Gasteiger charge is -2.30. The highest BCUT2D eigenvalue weighted by atomic mass is 16.2. The number of anilines is 1.